The third-order valence-electron chi connectivity index (χ3n) is 3.51. The summed E-state index contributed by atoms with van der Waals surface area (Å²) in [5.41, 5.74) is 0. The Morgan fingerprint density at radius 1 is 1.29 bits per heavy atom. The molecule has 1 atom stereocenters. The summed E-state index contributed by atoms with van der Waals surface area (Å²) in [5, 5.41) is 3.44. The Labute approximate surface area is 109 Å². The van der Waals surface area contributed by atoms with Crippen LogP contribution in [0.4, 0.5) is 0 Å². The Kier molecular flexibility index (Phi) is 5.01. The van der Waals surface area contributed by atoms with Gasteiger partial charge >= 0.3 is 0 Å². The van der Waals surface area contributed by atoms with E-state index in [1.54, 1.807) is 4.88 Å². The van der Waals surface area contributed by atoms with Crippen LogP contribution < -0.4 is 5.32 Å². The van der Waals surface area contributed by atoms with E-state index < -0.39 is 0 Å². The van der Waals surface area contributed by atoms with Crippen LogP contribution in [0.25, 0.3) is 0 Å². The van der Waals surface area contributed by atoms with Gasteiger partial charge in [0.25, 0.3) is 0 Å². The van der Waals surface area contributed by atoms with Crippen molar-refractivity contribution in [1.82, 2.24) is 10.2 Å². The highest BCUT2D eigenvalue weighted by Crippen LogP contribution is 2.31. The molecule has 1 saturated heterocycles. The zero-order valence-electron chi connectivity index (χ0n) is 11.0. The first-order valence-electron chi connectivity index (χ1n) is 6.88. The van der Waals surface area contributed by atoms with Gasteiger partial charge in [0.2, 0.25) is 0 Å². The molecule has 96 valence electrons. The summed E-state index contributed by atoms with van der Waals surface area (Å²) in [4.78, 5) is 5.76. The van der Waals surface area contributed by atoms with E-state index in [1.165, 1.54) is 37.2 Å². The summed E-state index contributed by atoms with van der Waals surface area (Å²) < 4.78 is 0. The smallest absolute Gasteiger partial charge is 0.0442 e. The minimum atomic E-state index is 0.660. The molecule has 1 fully saturated rings. The molecule has 1 aliphatic rings. The van der Waals surface area contributed by atoms with Gasteiger partial charge in [-0.1, -0.05) is 20.3 Å². The Balaban J connectivity index is 2.09. The van der Waals surface area contributed by atoms with E-state index in [0.717, 1.165) is 13.1 Å². The third kappa shape index (κ3) is 3.30. The maximum atomic E-state index is 3.44. The minimum absolute atomic E-state index is 0.660. The van der Waals surface area contributed by atoms with Crippen molar-refractivity contribution in [2.24, 2.45) is 0 Å². The van der Waals surface area contributed by atoms with Crippen molar-refractivity contribution in [3.05, 3.63) is 21.9 Å². The molecular formula is C14H24N2S. The molecule has 0 unspecified atom stereocenters. The van der Waals surface area contributed by atoms with Crippen LogP contribution in [0.2, 0.25) is 0 Å². The summed E-state index contributed by atoms with van der Waals surface area (Å²) in [6, 6.07) is 5.32. The highest BCUT2D eigenvalue weighted by atomic mass is 32.1. The quantitative estimate of drug-likeness (QED) is 0.866. The van der Waals surface area contributed by atoms with Gasteiger partial charge in [-0.2, -0.15) is 0 Å². The second-order valence-electron chi connectivity index (χ2n) is 4.75. The van der Waals surface area contributed by atoms with Crippen LogP contribution in [-0.4, -0.2) is 31.1 Å². The lowest BCUT2D eigenvalue weighted by molar-refractivity contribution is 0.167. The van der Waals surface area contributed by atoms with Crippen molar-refractivity contribution in [1.29, 1.82) is 0 Å². The predicted octanol–water partition coefficient (Wildman–Crippen LogP) is 3.06. The van der Waals surface area contributed by atoms with Gasteiger partial charge in [-0.25, -0.2) is 0 Å². The standard InChI is InChI=1S/C14H24N2S/c1-3-5-13(16-10-8-15-9-11-16)14-7-6-12(4-2)17-14/h6-7,13,15H,3-5,8-11H2,1-2H3/t13-/m0/s1. The number of aryl methyl sites for hydroxylation is 1. The zero-order valence-corrected chi connectivity index (χ0v) is 11.9. The number of nitrogens with one attached hydrogen (secondary N) is 1. The highest BCUT2D eigenvalue weighted by molar-refractivity contribution is 7.12. The SMILES string of the molecule is CCC[C@@H](c1ccc(CC)s1)N1CCNCC1. The Morgan fingerprint density at radius 2 is 2.06 bits per heavy atom. The average molecular weight is 252 g/mol. The van der Waals surface area contributed by atoms with E-state index in [4.69, 9.17) is 0 Å². The Bertz CT molecular complexity index is 329. The van der Waals surface area contributed by atoms with E-state index in [0.29, 0.717) is 6.04 Å². The number of hydrogen-bond donors (Lipinski definition) is 1. The largest absolute Gasteiger partial charge is 0.314 e. The lowest BCUT2D eigenvalue weighted by Crippen LogP contribution is -2.45. The highest BCUT2D eigenvalue weighted by Gasteiger charge is 2.22. The first-order chi connectivity index (χ1) is 8.35. The molecule has 0 amide bonds. The van der Waals surface area contributed by atoms with Gasteiger partial charge in [0.15, 0.2) is 0 Å². The van der Waals surface area contributed by atoms with Crippen LogP contribution in [0.1, 0.15) is 42.5 Å². The molecule has 0 aliphatic carbocycles. The van der Waals surface area contributed by atoms with Crippen LogP contribution in [0.15, 0.2) is 12.1 Å². The lowest BCUT2D eigenvalue weighted by atomic mass is 10.1. The number of nitrogens with zero attached hydrogens (tertiary/aromatic N) is 1. The van der Waals surface area contributed by atoms with Crippen molar-refractivity contribution >= 4 is 11.3 Å². The Hall–Kier alpha value is -0.380. The Morgan fingerprint density at radius 3 is 2.65 bits per heavy atom. The van der Waals surface area contributed by atoms with Crippen LogP contribution in [0.3, 0.4) is 0 Å². The fraction of sp³-hybridized carbons (Fsp3) is 0.714. The molecule has 2 heterocycles. The average Bonchev–Trinajstić information content (AvgIpc) is 2.85. The van der Waals surface area contributed by atoms with E-state index in [9.17, 15) is 0 Å². The van der Waals surface area contributed by atoms with Gasteiger partial charge < -0.3 is 5.32 Å². The van der Waals surface area contributed by atoms with Crippen LogP contribution in [0.5, 0.6) is 0 Å². The van der Waals surface area contributed by atoms with Gasteiger partial charge in [0.05, 0.1) is 0 Å². The summed E-state index contributed by atoms with van der Waals surface area (Å²) in [6.45, 7) is 9.23. The van der Waals surface area contributed by atoms with Crippen molar-refractivity contribution in [3.63, 3.8) is 0 Å². The van der Waals surface area contributed by atoms with Gasteiger partial charge in [-0.15, -0.1) is 11.3 Å². The second kappa shape index (κ2) is 6.53. The fourth-order valence-electron chi connectivity index (χ4n) is 2.54. The maximum Gasteiger partial charge on any atom is 0.0442 e. The third-order valence-corrected chi connectivity index (χ3v) is 4.84. The first-order valence-corrected chi connectivity index (χ1v) is 7.70. The van der Waals surface area contributed by atoms with Gasteiger partial charge in [-0.3, -0.25) is 4.90 Å². The molecule has 1 aliphatic heterocycles. The molecule has 17 heavy (non-hydrogen) atoms. The topological polar surface area (TPSA) is 15.3 Å². The fourth-order valence-corrected chi connectivity index (χ4v) is 3.66. The molecule has 0 saturated carbocycles. The zero-order chi connectivity index (χ0) is 12.1. The van der Waals surface area contributed by atoms with Gasteiger partial charge in [-0.05, 0) is 25.0 Å². The van der Waals surface area contributed by atoms with Gasteiger partial charge in [0.1, 0.15) is 0 Å². The van der Waals surface area contributed by atoms with E-state index in [-0.39, 0.29) is 0 Å². The molecule has 1 N–H and O–H groups in total. The number of thiophene rings is 1. The molecular weight excluding hydrogens is 228 g/mol. The molecule has 1 aromatic heterocycles. The van der Waals surface area contributed by atoms with E-state index in [1.807, 2.05) is 11.3 Å². The maximum absolute atomic E-state index is 3.44. The van der Waals surface area contributed by atoms with Gasteiger partial charge in [0, 0.05) is 42.0 Å². The lowest BCUT2D eigenvalue weighted by Gasteiger charge is -2.34. The van der Waals surface area contributed by atoms with E-state index in [2.05, 4.69) is 36.2 Å². The summed E-state index contributed by atoms with van der Waals surface area (Å²) in [5.74, 6) is 0. The molecule has 2 nitrogen and oxygen atoms in total. The molecule has 3 heteroatoms. The summed E-state index contributed by atoms with van der Waals surface area (Å²) in [7, 11) is 0. The summed E-state index contributed by atoms with van der Waals surface area (Å²) in [6.07, 6.45) is 3.74. The number of piperazine rings is 1. The number of rotatable bonds is 5. The minimum Gasteiger partial charge on any atom is -0.314 e. The predicted molar refractivity (Wildman–Crippen MR) is 75.8 cm³/mol. The van der Waals surface area contributed by atoms with Crippen molar-refractivity contribution in [3.8, 4) is 0 Å². The summed E-state index contributed by atoms with van der Waals surface area (Å²) >= 11 is 2.01. The second-order valence-corrected chi connectivity index (χ2v) is 5.95. The first kappa shape index (κ1) is 13.1. The number of hydrogen-bond acceptors (Lipinski definition) is 3. The molecule has 0 spiro atoms. The van der Waals surface area contributed by atoms with Crippen molar-refractivity contribution in [2.45, 2.75) is 39.2 Å². The normalized spacial score (nSPS) is 19.4. The molecule has 0 bridgehead atoms. The molecule has 1 aromatic rings. The van der Waals surface area contributed by atoms with Crippen molar-refractivity contribution < 1.29 is 0 Å². The molecule has 0 aromatic carbocycles. The van der Waals surface area contributed by atoms with E-state index >= 15 is 0 Å². The van der Waals surface area contributed by atoms with Crippen LogP contribution >= 0.6 is 11.3 Å². The monoisotopic (exact) mass is 252 g/mol. The molecule has 2 rings (SSSR count). The molecule has 0 radical (unpaired) electrons. The van der Waals surface area contributed by atoms with Crippen LogP contribution in [-0.2, 0) is 6.42 Å². The van der Waals surface area contributed by atoms with Crippen molar-refractivity contribution in [2.75, 3.05) is 26.2 Å². The van der Waals surface area contributed by atoms with Crippen LogP contribution in [0, 0.1) is 0 Å².